The minimum absolute atomic E-state index is 0.0229. The third kappa shape index (κ3) is 3.39. The maximum absolute atomic E-state index is 12.8. The predicted octanol–water partition coefficient (Wildman–Crippen LogP) is 2.33. The minimum Gasteiger partial charge on any atom is -0.409 e. The van der Waals surface area contributed by atoms with Crippen LogP contribution in [-0.2, 0) is 4.79 Å². The maximum Gasteiger partial charge on any atom is 0.236 e. The van der Waals surface area contributed by atoms with Gasteiger partial charge in [0, 0.05) is 13.1 Å². The molecule has 5 nitrogen and oxygen atoms in total. The first kappa shape index (κ1) is 15.8. The molecule has 1 saturated heterocycles. The molecule has 5 heteroatoms. The van der Waals surface area contributed by atoms with Crippen molar-refractivity contribution < 1.29 is 10.0 Å². The summed E-state index contributed by atoms with van der Waals surface area (Å²) >= 11 is 0. The van der Waals surface area contributed by atoms with Crippen LogP contribution >= 0.6 is 0 Å². The highest BCUT2D eigenvalue weighted by Crippen LogP contribution is 2.30. The Hall–Kier alpha value is -1.26. The molecular formula is C14H27N3O2. The molecule has 1 heterocycles. The van der Waals surface area contributed by atoms with E-state index in [4.69, 9.17) is 10.9 Å². The van der Waals surface area contributed by atoms with Crippen LogP contribution in [0.2, 0.25) is 0 Å². The molecular weight excluding hydrogens is 242 g/mol. The van der Waals surface area contributed by atoms with Gasteiger partial charge in [-0.05, 0) is 25.7 Å². The summed E-state index contributed by atoms with van der Waals surface area (Å²) in [6, 6.07) is 0. The first-order chi connectivity index (χ1) is 9.12. The molecule has 1 amide bonds. The highest BCUT2D eigenvalue weighted by atomic mass is 16.4. The van der Waals surface area contributed by atoms with Gasteiger partial charge in [0.15, 0.2) is 5.84 Å². The second kappa shape index (κ2) is 7.36. The van der Waals surface area contributed by atoms with Gasteiger partial charge in [-0.3, -0.25) is 4.79 Å². The summed E-state index contributed by atoms with van der Waals surface area (Å²) in [7, 11) is 0. The van der Waals surface area contributed by atoms with Gasteiger partial charge < -0.3 is 15.8 Å². The van der Waals surface area contributed by atoms with Crippen molar-refractivity contribution in [3.05, 3.63) is 0 Å². The molecule has 1 fully saturated rings. The number of carbonyl (C=O) groups excluding carboxylic acids is 1. The molecule has 110 valence electrons. The monoisotopic (exact) mass is 269 g/mol. The molecule has 0 saturated carbocycles. The molecule has 1 rings (SSSR count). The molecule has 0 aromatic carbocycles. The van der Waals surface area contributed by atoms with Gasteiger partial charge in [0.05, 0.1) is 0 Å². The molecule has 0 aliphatic carbocycles. The standard InChI is InChI=1S/C14H27N3O2/c1-3-14(4-2,12(15)16-19)13(18)17-10-8-6-5-7-9-11-17/h19H,3-11H2,1-2H3,(H2,15,16). The Morgan fingerprint density at radius 2 is 1.63 bits per heavy atom. The van der Waals surface area contributed by atoms with Crippen molar-refractivity contribution in [2.45, 2.75) is 58.8 Å². The van der Waals surface area contributed by atoms with Crippen molar-refractivity contribution in [3.63, 3.8) is 0 Å². The van der Waals surface area contributed by atoms with Crippen LogP contribution in [0.3, 0.4) is 0 Å². The number of nitrogens with two attached hydrogens (primary N) is 1. The number of rotatable bonds is 4. The van der Waals surface area contributed by atoms with Crippen molar-refractivity contribution in [3.8, 4) is 0 Å². The van der Waals surface area contributed by atoms with Gasteiger partial charge in [0.1, 0.15) is 5.41 Å². The fraction of sp³-hybridized carbons (Fsp3) is 0.857. The lowest BCUT2D eigenvalue weighted by atomic mass is 9.79. The average molecular weight is 269 g/mol. The summed E-state index contributed by atoms with van der Waals surface area (Å²) in [5.74, 6) is 0.0688. The van der Waals surface area contributed by atoms with Crippen LogP contribution in [0.15, 0.2) is 5.16 Å². The van der Waals surface area contributed by atoms with Crippen LogP contribution in [0.25, 0.3) is 0 Å². The van der Waals surface area contributed by atoms with Gasteiger partial charge in [0.25, 0.3) is 0 Å². The van der Waals surface area contributed by atoms with E-state index in [1.807, 2.05) is 18.7 Å². The van der Waals surface area contributed by atoms with E-state index in [0.29, 0.717) is 12.8 Å². The highest BCUT2D eigenvalue weighted by Gasteiger charge is 2.42. The SMILES string of the molecule is CCC(CC)(C(=O)N1CCCCCCC1)C(N)=NO. The number of oxime groups is 1. The summed E-state index contributed by atoms with van der Waals surface area (Å²) in [6.45, 7) is 5.42. The Morgan fingerprint density at radius 3 is 2.05 bits per heavy atom. The molecule has 0 aromatic heterocycles. The van der Waals surface area contributed by atoms with Gasteiger partial charge >= 0.3 is 0 Å². The fourth-order valence-electron chi connectivity index (χ4n) is 2.87. The van der Waals surface area contributed by atoms with E-state index >= 15 is 0 Å². The van der Waals surface area contributed by atoms with Gasteiger partial charge in [-0.1, -0.05) is 38.3 Å². The van der Waals surface area contributed by atoms with Crippen LogP contribution in [0.1, 0.15) is 58.8 Å². The minimum atomic E-state index is -0.839. The number of likely N-dealkylation sites (tertiary alicyclic amines) is 1. The molecule has 0 aromatic rings. The molecule has 0 spiro atoms. The van der Waals surface area contributed by atoms with Gasteiger partial charge in [-0.2, -0.15) is 0 Å². The van der Waals surface area contributed by atoms with E-state index in [2.05, 4.69) is 5.16 Å². The molecule has 1 aliphatic heterocycles. The molecule has 3 N–H and O–H groups in total. The zero-order valence-electron chi connectivity index (χ0n) is 12.2. The van der Waals surface area contributed by atoms with Crippen molar-refractivity contribution in [1.82, 2.24) is 4.90 Å². The van der Waals surface area contributed by atoms with E-state index < -0.39 is 5.41 Å². The fourth-order valence-corrected chi connectivity index (χ4v) is 2.87. The number of amides is 1. The van der Waals surface area contributed by atoms with Crippen molar-refractivity contribution in [2.24, 2.45) is 16.3 Å². The molecule has 0 unspecified atom stereocenters. The summed E-state index contributed by atoms with van der Waals surface area (Å²) < 4.78 is 0. The van der Waals surface area contributed by atoms with Crippen LogP contribution < -0.4 is 5.73 Å². The predicted molar refractivity (Wildman–Crippen MR) is 76.1 cm³/mol. The second-order valence-corrected chi connectivity index (χ2v) is 5.33. The van der Waals surface area contributed by atoms with Crippen LogP contribution in [-0.4, -0.2) is 34.9 Å². The zero-order valence-corrected chi connectivity index (χ0v) is 12.2. The Balaban J connectivity index is 2.91. The largest absolute Gasteiger partial charge is 0.409 e. The Labute approximate surface area is 115 Å². The lowest BCUT2D eigenvalue weighted by molar-refractivity contribution is -0.139. The van der Waals surface area contributed by atoms with Gasteiger partial charge in [-0.25, -0.2) is 0 Å². The number of amidine groups is 1. The van der Waals surface area contributed by atoms with Gasteiger partial charge in [-0.15, -0.1) is 0 Å². The van der Waals surface area contributed by atoms with Crippen molar-refractivity contribution in [2.75, 3.05) is 13.1 Å². The summed E-state index contributed by atoms with van der Waals surface area (Å²) in [5.41, 5.74) is 4.96. The van der Waals surface area contributed by atoms with E-state index in [9.17, 15) is 4.79 Å². The van der Waals surface area contributed by atoms with E-state index in [1.54, 1.807) is 0 Å². The zero-order chi connectivity index (χ0) is 14.3. The van der Waals surface area contributed by atoms with Crippen LogP contribution in [0.5, 0.6) is 0 Å². The molecule has 0 radical (unpaired) electrons. The molecule has 0 atom stereocenters. The third-order valence-corrected chi connectivity index (χ3v) is 4.36. The number of carbonyl (C=O) groups is 1. The van der Waals surface area contributed by atoms with E-state index in [1.165, 1.54) is 19.3 Å². The topological polar surface area (TPSA) is 78.9 Å². The van der Waals surface area contributed by atoms with E-state index in [-0.39, 0.29) is 11.7 Å². The lowest BCUT2D eigenvalue weighted by Crippen LogP contribution is -2.51. The molecule has 0 bridgehead atoms. The molecule has 19 heavy (non-hydrogen) atoms. The summed E-state index contributed by atoms with van der Waals surface area (Å²) in [4.78, 5) is 14.7. The van der Waals surface area contributed by atoms with Crippen LogP contribution in [0.4, 0.5) is 0 Å². The van der Waals surface area contributed by atoms with Crippen molar-refractivity contribution >= 4 is 11.7 Å². The Morgan fingerprint density at radius 1 is 1.16 bits per heavy atom. The quantitative estimate of drug-likeness (QED) is 0.356. The number of hydrogen-bond donors (Lipinski definition) is 2. The molecule has 1 aliphatic rings. The van der Waals surface area contributed by atoms with Gasteiger partial charge in [0.2, 0.25) is 5.91 Å². The van der Waals surface area contributed by atoms with Crippen LogP contribution in [0, 0.1) is 5.41 Å². The Bertz CT molecular complexity index is 317. The summed E-state index contributed by atoms with van der Waals surface area (Å²) in [5, 5.41) is 12.1. The number of nitrogens with zero attached hydrogens (tertiary/aromatic N) is 2. The second-order valence-electron chi connectivity index (χ2n) is 5.33. The summed E-state index contributed by atoms with van der Waals surface area (Å²) in [6.07, 6.45) is 6.84. The first-order valence-electron chi connectivity index (χ1n) is 7.39. The van der Waals surface area contributed by atoms with E-state index in [0.717, 1.165) is 25.9 Å². The average Bonchev–Trinajstić information content (AvgIpc) is 2.39. The van der Waals surface area contributed by atoms with Crippen molar-refractivity contribution in [1.29, 1.82) is 0 Å². The smallest absolute Gasteiger partial charge is 0.236 e. The number of hydrogen-bond acceptors (Lipinski definition) is 3. The first-order valence-corrected chi connectivity index (χ1v) is 7.39. The lowest BCUT2D eigenvalue weighted by Gasteiger charge is -2.35. The normalized spacial score (nSPS) is 18.8. The highest BCUT2D eigenvalue weighted by molar-refractivity contribution is 6.06. The maximum atomic E-state index is 12.8. The third-order valence-electron chi connectivity index (χ3n) is 4.36. The Kier molecular flexibility index (Phi) is 6.12.